The normalized spacial score (nSPS) is 22.9. The molecule has 0 aliphatic heterocycles. The minimum absolute atomic E-state index is 0.0928. The van der Waals surface area contributed by atoms with Crippen LogP contribution in [-0.4, -0.2) is 27.8 Å². The number of para-hydroxylation sites is 1. The fourth-order valence-electron chi connectivity index (χ4n) is 3.63. The first-order chi connectivity index (χ1) is 12.7. The first-order valence-electron chi connectivity index (χ1n) is 9.37. The van der Waals surface area contributed by atoms with Gasteiger partial charge in [0.15, 0.2) is 5.78 Å². The Labute approximate surface area is 166 Å². The van der Waals surface area contributed by atoms with Gasteiger partial charge in [0.2, 0.25) is 0 Å². The smallest absolute Gasteiger partial charge is 0.305 e. The lowest BCUT2D eigenvalue weighted by atomic mass is 9.67. The highest BCUT2D eigenvalue weighted by Gasteiger charge is 2.51. The molecule has 0 amide bonds. The van der Waals surface area contributed by atoms with E-state index in [2.05, 4.69) is 0 Å². The molecule has 0 heterocycles. The highest BCUT2D eigenvalue weighted by Crippen LogP contribution is 2.49. The van der Waals surface area contributed by atoms with Crippen molar-refractivity contribution in [2.45, 2.75) is 54.3 Å². The lowest BCUT2D eigenvalue weighted by molar-refractivity contribution is -0.186. The average molecular weight is 386 g/mol. The number of phenolic OH excluding ortho intramolecular Hbond substituents is 1. The summed E-state index contributed by atoms with van der Waals surface area (Å²) >= 11 is 0. The average Bonchev–Trinajstić information content (AvgIpc) is 2.51. The van der Waals surface area contributed by atoms with Crippen molar-refractivity contribution in [3.63, 3.8) is 0 Å². The van der Waals surface area contributed by atoms with Crippen LogP contribution in [0.2, 0.25) is 0 Å². The van der Waals surface area contributed by atoms with E-state index < -0.39 is 28.5 Å². The molecule has 0 bridgehead atoms. The van der Waals surface area contributed by atoms with Crippen LogP contribution in [0.1, 0.15) is 58.8 Å². The number of phenols is 1. The number of carbonyl (C=O) groups excluding carboxylic acids is 2. The van der Waals surface area contributed by atoms with Crippen molar-refractivity contribution in [2.24, 2.45) is 16.7 Å². The van der Waals surface area contributed by atoms with Gasteiger partial charge in [-0.15, -0.1) is 0 Å². The molecular formula is C23H30O5. The van der Waals surface area contributed by atoms with Gasteiger partial charge in [-0.3, -0.25) is 9.59 Å². The van der Waals surface area contributed by atoms with Gasteiger partial charge >= 0.3 is 5.97 Å². The summed E-state index contributed by atoms with van der Waals surface area (Å²) in [6, 6.07) is 6.38. The van der Waals surface area contributed by atoms with E-state index in [1.54, 1.807) is 30.4 Å². The van der Waals surface area contributed by atoms with Crippen LogP contribution in [0.3, 0.4) is 0 Å². The molecule has 1 aromatic rings. The second kappa shape index (κ2) is 7.21. The topological polar surface area (TPSA) is 83.8 Å². The number of allylic oxidation sites excluding steroid dienone is 2. The van der Waals surface area contributed by atoms with Gasteiger partial charge in [-0.05, 0) is 23.0 Å². The molecule has 0 saturated carbocycles. The summed E-state index contributed by atoms with van der Waals surface area (Å²) in [5.41, 5.74) is -0.0643. The zero-order valence-electron chi connectivity index (χ0n) is 17.7. The quantitative estimate of drug-likeness (QED) is 0.348. The number of ketones is 1. The molecular weight excluding hydrogens is 356 g/mol. The number of Topliss-reactive ketones (excluding diaryl/α,β-unsaturated/α-hetero) is 1. The fourth-order valence-corrected chi connectivity index (χ4v) is 3.63. The largest absolute Gasteiger partial charge is 0.507 e. The van der Waals surface area contributed by atoms with Crippen LogP contribution in [0.25, 0.3) is 0 Å². The highest BCUT2D eigenvalue weighted by molar-refractivity contribution is 6.02. The number of hydrogen-bond donors (Lipinski definition) is 2. The third kappa shape index (κ3) is 4.20. The van der Waals surface area contributed by atoms with Gasteiger partial charge < -0.3 is 14.9 Å². The Kier molecular flexibility index (Phi) is 5.64. The first-order valence-corrected chi connectivity index (χ1v) is 9.37. The van der Waals surface area contributed by atoms with Gasteiger partial charge in [-0.25, -0.2) is 0 Å². The summed E-state index contributed by atoms with van der Waals surface area (Å²) in [5.74, 6) is -3.63. The van der Waals surface area contributed by atoms with Gasteiger partial charge in [-0.2, -0.15) is 0 Å². The highest BCUT2D eigenvalue weighted by atomic mass is 16.7. The van der Waals surface area contributed by atoms with Gasteiger partial charge in [-0.1, -0.05) is 65.8 Å². The van der Waals surface area contributed by atoms with E-state index in [-0.39, 0.29) is 17.1 Å². The molecule has 0 atom stereocenters. The minimum atomic E-state index is -1.93. The Balaban J connectivity index is 2.71. The maximum absolute atomic E-state index is 13.2. The number of rotatable bonds is 3. The monoisotopic (exact) mass is 386 g/mol. The SMILES string of the molecule is CC(=O)OC1(O)C(C(C)(C)C)=CC(C(=O)c2ccccc2O)C=C1C(C)(C)C. The van der Waals surface area contributed by atoms with Crippen LogP contribution in [0.4, 0.5) is 0 Å². The summed E-state index contributed by atoms with van der Waals surface area (Å²) in [6.45, 7) is 12.6. The predicted octanol–water partition coefficient (Wildman–Crippen LogP) is 4.40. The number of benzene rings is 1. The molecule has 1 aliphatic rings. The van der Waals surface area contributed by atoms with Gasteiger partial charge in [0.05, 0.1) is 11.5 Å². The van der Waals surface area contributed by atoms with Crippen molar-refractivity contribution in [3.05, 3.63) is 53.1 Å². The van der Waals surface area contributed by atoms with Crippen molar-refractivity contribution in [1.82, 2.24) is 0 Å². The second-order valence-corrected chi connectivity index (χ2v) is 9.31. The summed E-state index contributed by atoms with van der Waals surface area (Å²) in [7, 11) is 0. The van der Waals surface area contributed by atoms with Gasteiger partial charge in [0.1, 0.15) is 5.75 Å². The lowest BCUT2D eigenvalue weighted by Crippen LogP contribution is -2.48. The van der Waals surface area contributed by atoms with E-state index in [0.717, 1.165) is 0 Å². The number of aliphatic hydroxyl groups is 1. The van der Waals surface area contributed by atoms with E-state index in [0.29, 0.717) is 11.1 Å². The van der Waals surface area contributed by atoms with Crippen LogP contribution in [0.5, 0.6) is 5.75 Å². The van der Waals surface area contributed by atoms with Crippen molar-refractivity contribution in [2.75, 3.05) is 0 Å². The van der Waals surface area contributed by atoms with Crippen molar-refractivity contribution < 1.29 is 24.5 Å². The van der Waals surface area contributed by atoms with Crippen molar-refractivity contribution >= 4 is 11.8 Å². The maximum atomic E-state index is 13.2. The molecule has 0 unspecified atom stereocenters. The van der Waals surface area contributed by atoms with Crippen LogP contribution in [0.15, 0.2) is 47.6 Å². The Morgan fingerprint density at radius 2 is 1.43 bits per heavy atom. The first kappa shape index (κ1) is 21.9. The van der Waals surface area contributed by atoms with Crippen LogP contribution >= 0.6 is 0 Å². The van der Waals surface area contributed by atoms with E-state index in [9.17, 15) is 19.8 Å². The van der Waals surface area contributed by atoms with Crippen LogP contribution in [0, 0.1) is 16.7 Å². The number of esters is 1. The maximum Gasteiger partial charge on any atom is 0.305 e. The summed E-state index contributed by atoms with van der Waals surface area (Å²) in [6.07, 6.45) is 3.29. The van der Waals surface area contributed by atoms with Crippen LogP contribution in [-0.2, 0) is 9.53 Å². The molecule has 2 rings (SSSR count). The van der Waals surface area contributed by atoms with E-state index >= 15 is 0 Å². The number of carbonyl (C=O) groups is 2. The molecule has 0 saturated heterocycles. The molecule has 0 aromatic heterocycles. The molecule has 5 heteroatoms. The molecule has 2 N–H and O–H groups in total. The standard InChI is InChI=1S/C23H30O5/c1-14(24)28-23(27)18(21(2,3)4)12-15(13-19(23)22(5,6)7)20(26)16-10-8-9-11-17(16)25/h8-13,15,25,27H,1-7H3. The van der Waals surface area contributed by atoms with E-state index in [4.69, 9.17) is 4.74 Å². The molecule has 1 aliphatic carbocycles. The van der Waals surface area contributed by atoms with Crippen LogP contribution < -0.4 is 0 Å². The van der Waals surface area contributed by atoms with E-state index in [1.165, 1.54) is 13.0 Å². The lowest BCUT2D eigenvalue weighted by Gasteiger charge is -2.45. The third-order valence-electron chi connectivity index (χ3n) is 4.80. The van der Waals surface area contributed by atoms with Gasteiger partial charge in [0, 0.05) is 18.1 Å². The summed E-state index contributed by atoms with van der Waals surface area (Å²) in [4.78, 5) is 25.0. The molecule has 0 radical (unpaired) electrons. The van der Waals surface area contributed by atoms with Crippen molar-refractivity contribution in [1.29, 1.82) is 0 Å². The molecule has 5 nitrogen and oxygen atoms in total. The zero-order chi connectivity index (χ0) is 21.5. The number of aromatic hydroxyl groups is 1. The molecule has 1 aromatic carbocycles. The molecule has 152 valence electrons. The predicted molar refractivity (Wildman–Crippen MR) is 108 cm³/mol. The fraction of sp³-hybridized carbons (Fsp3) is 0.478. The molecule has 0 fully saturated rings. The molecule has 0 spiro atoms. The zero-order valence-corrected chi connectivity index (χ0v) is 17.7. The van der Waals surface area contributed by atoms with Crippen molar-refractivity contribution in [3.8, 4) is 5.75 Å². The summed E-state index contributed by atoms with van der Waals surface area (Å²) < 4.78 is 5.43. The Bertz CT molecular complexity index is 814. The van der Waals surface area contributed by atoms with E-state index in [1.807, 2.05) is 41.5 Å². The number of ether oxygens (including phenoxy) is 1. The third-order valence-corrected chi connectivity index (χ3v) is 4.80. The summed E-state index contributed by atoms with van der Waals surface area (Å²) in [5, 5.41) is 21.6. The molecule has 28 heavy (non-hydrogen) atoms. The number of hydrogen-bond acceptors (Lipinski definition) is 5. The Hall–Kier alpha value is -2.40. The Morgan fingerprint density at radius 1 is 0.964 bits per heavy atom. The Morgan fingerprint density at radius 3 is 1.82 bits per heavy atom. The minimum Gasteiger partial charge on any atom is -0.507 e. The second-order valence-electron chi connectivity index (χ2n) is 9.31. The van der Waals surface area contributed by atoms with Gasteiger partial charge in [0.25, 0.3) is 5.79 Å².